The van der Waals surface area contributed by atoms with Crippen LogP contribution in [-0.4, -0.2) is 34.3 Å². The van der Waals surface area contributed by atoms with Crippen LogP contribution < -0.4 is 19.0 Å². The minimum Gasteiger partial charge on any atom is -0.497 e. The molecule has 0 saturated heterocycles. The third-order valence-electron chi connectivity index (χ3n) is 4.66. The predicted octanol–water partition coefficient (Wildman–Crippen LogP) is 3.29. The highest BCUT2D eigenvalue weighted by atomic mass is 32.2. The van der Waals surface area contributed by atoms with Crippen molar-refractivity contribution in [3.05, 3.63) is 83.9 Å². The first-order chi connectivity index (χ1) is 14.9. The second kappa shape index (κ2) is 10.3. The molecule has 0 aliphatic rings. The number of methoxy groups -OCH3 is 2. The molecule has 2 N–H and O–H groups in total. The summed E-state index contributed by atoms with van der Waals surface area (Å²) < 4.78 is 41.0. The van der Waals surface area contributed by atoms with Gasteiger partial charge >= 0.3 is 10.1 Å². The van der Waals surface area contributed by atoms with E-state index in [0.717, 1.165) is 5.56 Å². The number of hydrogen-bond acceptors (Lipinski definition) is 7. The lowest BCUT2D eigenvalue weighted by atomic mass is 10.1. The Morgan fingerprint density at radius 3 is 2.32 bits per heavy atom. The van der Waals surface area contributed by atoms with E-state index in [1.54, 1.807) is 56.7 Å². The zero-order valence-corrected chi connectivity index (χ0v) is 18.1. The summed E-state index contributed by atoms with van der Waals surface area (Å²) in [4.78, 5) is 0.0454. The van der Waals surface area contributed by atoms with Crippen LogP contribution in [0, 0.1) is 0 Å². The first-order valence-electron chi connectivity index (χ1n) is 9.62. The van der Waals surface area contributed by atoms with Crippen molar-refractivity contribution < 1.29 is 27.2 Å². The van der Waals surface area contributed by atoms with Crippen molar-refractivity contribution in [2.24, 2.45) is 0 Å². The van der Waals surface area contributed by atoms with Crippen LogP contribution in [0.25, 0.3) is 0 Å². The molecule has 0 fully saturated rings. The average molecular weight is 444 g/mol. The topological polar surface area (TPSA) is 94.1 Å². The number of ether oxygens (including phenoxy) is 2. The van der Waals surface area contributed by atoms with Crippen LogP contribution >= 0.6 is 0 Å². The molecule has 3 aromatic carbocycles. The summed E-state index contributed by atoms with van der Waals surface area (Å²) in [6, 6.07) is 19.9. The highest BCUT2D eigenvalue weighted by Gasteiger charge is 2.21. The van der Waals surface area contributed by atoms with Crippen LogP contribution in [0.4, 0.5) is 0 Å². The number of hydrogen-bond donors (Lipinski definition) is 2. The van der Waals surface area contributed by atoms with Crippen LogP contribution in [0.2, 0.25) is 0 Å². The van der Waals surface area contributed by atoms with E-state index in [-0.39, 0.29) is 17.2 Å². The van der Waals surface area contributed by atoms with E-state index in [1.807, 2.05) is 12.1 Å². The maximum absolute atomic E-state index is 12.6. The Bertz CT molecular complexity index is 1100. The fourth-order valence-electron chi connectivity index (χ4n) is 3.04. The summed E-state index contributed by atoms with van der Waals surface area (Å²) in [6.45, 7) is 0.622. The number of nitrogens with one attached hydrogen (secondary N) is 1. The van der Waals surface area contributed by atoms with Gasteiger partial charge in [0.1, 0.15) is 22.1 Å². The third kappa shape index (κ3) is 5.75. The van der Waals surface area contributed by atoms with Gasteiger partial charge in [0.05, 0.1) is 20.3 Å². The lowest BCUT2D eigenvalue weighted by Crippen LogP contribution is -2.22. The first-order valence-corrected chi connectivity index (χ1v) is 11.0. The summed E-state index contributed by atoms with van der Waals surface area (Å²) >= 11 is 0. The molecule has 0 unspecified atom stereocenters. The standard InChI is InChI=1S/C23H25NO6S/c1-28-18-13-12-17(23(14-18)29-2)15-24-16-21(25)20-10-6-7-11-22(20)30-31(26,27)19-8-4-3-5-9-19/h3-14,21,24-25H,15-16H2,1-2H3/t21-/m1/s1. The molecule has 0 saturated carbocycles. The summed E-state index contributed by atoms with van der Waals surface area (Å²) in [6.07, 6.45) is -0.980. The molecular formula is C23H25NO6S. The highest BCUT2D eigenvalue weighted by molar-refractivity contribution is 7.87. The second-order valence-corrected chi connectivity index (χ2v) is 8.26. The average Bonchev–Trinajstić information content (AvgIpc) is 2.79. The normalized spacial score (nSPS) is 12.2. The number of aliphatic hydroxyl groups excluding tert-OH is 1. The lowest BCUT2D eigenvalue weighted by Gasteiger charge is -2.17. The first kappa shape index (κ1) is 22.6. The number of benzene rings is 3. The number of rotatable bonds is 10. The van der Waals surface area contributed by atoms with Gasteiger partial charge in [0.2, 0.25) is 0 Å². The molecule has 3 aromatic rings. The van der Waals surface area contributed by atoms with Crippen molar-refractivity contribution in [1.82, 2.24) is 5.32 Å². The summed E-state index contributed by atoms with van der Waals surface area (Å²) in [7, 11) is -0.847. The maximum Gasteiger partial charge on any atom is 0.339 e. The van der Waals surface area contributed by atoms with Crippen LogP contribution in [0.5, 0.6) is 17.2 Å². The van der Waals surface area contributed by atoms with Gasteiger partial charge in [0.15, 0.2) is 0 Å². The highest BCUT2D eigenvalue weighted by Crippen LogP contribution is 2.28. The molecule has 0 amide bonds. The number of aliphatic hydroxyl groups is 1. The minimum absolute atomic E-state index is 0.0454. The van der Waals surface area contributed by atoms with Crippen molar-refractivity contribution in [2.45, 2.75) is 17.5 Å². The van der Waals surface area contributed by atoms with Gasteiger partial charge in [0.25, 0.3) is 0 Å². The molecule has 0 aliphatic heterocycles. The summed E-state index contributed by atoms with van der Waals surface area (Å²) in [5, 5.41) is 13.8. The van der Waals surface area contributed by atoms with Crippen molar-refractivity contribution in [3.8, 4) is 17.2 Å². The van der Waals surface area contributed by atoms with E-state index in [9.17, 15) is 13.5 Å². The quantitative estimate of drug-likeness (QED) is 0.464. The zero-order chi connectivity index (χ0) is 22.3. The monoisotopic (exact) mass is 443 g/mol. The van der Waals surface area contributed by atoms with Crippen LogP contribution in [0.1, 0.15) is 17.2 Å². The number of para-hydroxylation sites is 1. The van der Waals surface area contributed by atoms with Gasteiger partial charge in [-0.3, -0.25) is 0 Å². The fourth-order valence-corrected chi connectivity index (χ4v) is 4.01. The lowest BCUT2D eigenvalue weighted by molar-refractivity contribution is 0.172. The van der Waals surface area contributed by atoms with Gasteiger partial charge in [-0.25, -0.2) is 0 Å². The van der Waals surface area contributed by atoms with E-state index in [2.05, 4.69) is 5.32 Å². The summed E-state index contributed by atoms with van der Waals surface area (Å²) in [5.41, 5.74) is 1.27. The molecule has 0 spiro atoms. The smallest absolute Gasteiger partial charge is 0.339 e. The molecule has 31 heavy (non-hydrogen) atoms. The molecule has 0 aliphatic carbocycles. The van der Waals surface area contributed by atoms with E-state index in [0.29, 0.717) is 23.6 Å². The van der Waals surface area contributed by atoms with E-state index in [1.165, 1.54) is 18.2 Å². The van der Waals surface area contributed by atoms with Crippen molar-refractivity contribution in [3.63, 3.8) is 0 Å². The van der Waals surface area contributed by atoms with Crippen molar-refractivity contribution in [2.75, 3.05) is 20.8 Å². The fraction of sp³-hybridized carbons (Fsp3) is 0.217. The Labute approximate surface area is 182 Å². The van der Waals surface area contributed by atoms with E-state index in [4.69, 9.17) is 13.7 Å². The molecular weight excluding hydrogens is 418 g/mol. The van der Waals surface area contributed by atoms with Gasteiger partial charge in [-0.1, -0.05) is 42.5 Å². The SMILES string of the molecule is COc1ccc(CNC[C@@H](O)c2ccccc2OS(=O)(=O)c2ccccc2)c(OC)c1. The van der Waals surface area contributed by atoms with E-state index >= 15 is 0 Å². The van der Waals surface area contributed by atoms with Crippen LogP contribution in [0.15, 0.2) is 77.7 Å². The Morgan fingerprint density at radius 1 is 0.903 bits per heavy atom. The largest absolute Gasteiger partial charge is 0.497 e. The van der Waals surface area contributed by atoms with Gasteiger partial charge < -0.3 is 24.1 Å². The predicted molar refractivity (Wildman–Crippen MR) is 117 cm³/mol. The van der Waals surface area contributed by atoms with Crippen LogP contribution in [-0.2, 0) is 16.7 Å². The van der Waals surface area contributed by atoms with Crippen molar-refractivity contribution >= 4 is 10.1 Å². The molecule has 3 rings (SSSR count). The second-order valence-electron chi connectivity index (χ2n) is 6.71. The summed E-state index contributed by atoms with van der Waals surface area (Å²) in [5.74, 6) is 1.44. The Hall–Kier alpha value is -3.07. The Morgan fingerprint density at radius 2 is 1.61 bits per heavy atom. The van der Waals surface area contributed by atoms with Gasteiger partial charge in [-0.2, -0.15) is 8.42 Å². The Kier molecular flexibility index (Phi) is 7.51. The molecule has 0 radical (unpaired) electrons. The molecule has 0 heterocycles. The van der Waals surface area contributed by atoms with Crippen LogP contribution in [0.3, 0.4) is 0 Å². The minimum atomic E-state index is -4.01. The molecule has 0 bridgehead atoms. The van der Waals surface area contributed by atoms with E-state index < -0.39 is 16.2 Å². The molecule has 164 valence electrons. The van der Waals surface area contributed by atoms with Crippen molar-refractivity contribution in [1.29, 1.82) is 0 Å². The van der Waals surface area contributed by atoms with Gasteiger partial charge in [0, 0.05) is 30.3 Å². The maximum atomic E-state index is 12.6. The van der Waals surface area contributed by atoms with Gasteiger partial charge in [-0.15, -0.1) is 0 Å². The molecule has 0 aromatic heterocycles. The van der Waals surface area contributed by atoms with Gasteiger partial charge in [-0.05, 0) is 24.3 Å². The molecule has 8 heteroatoms. The molecule has 7 nitrogen and oxygen atoms in total. The third-order valence-corrected chi connectivity index (χ3v) is 5.91. The Balaban J connectivity index is 1.69. The zero-order valence-electron chi connectivity index (χ0n) is 17.3. The molecule has 1 atom stereocenters.